The molecule has 2 rings (SSSR count). The summed E-state index contributed by atoms with van der Waals surface area (Å²) >= 11 is 6.31. The van der Waals surface area contributed by atoms with E-state index in [0.29, 0.717) is 23.5 Å². The molecule has 1 amide bonds. The third-order valence-corrected chi connectivity index (χ3v) is 4.03. The van der Waals surface area contributed by atoms with Gasteiger partial charge in [0.15, 0.2) is 23.9 Å². The molecular formula is C21H22ClNO5. The first-order chi connectivity index (χ1) is 13.3. The lowest BCUT2D eigenvalue weighted by Crippen LogP contribution is -2.27. The van der Waals surface area contributed by atoms with E-state index in [4.69, 9.17) is 21.1 Å². The third-order valence-electron chi connectivity index (χ3n) is 3.75. The van der Waals surface area contributed by atoms with Crippen molar-refractivity contribution in [1.82, 2.24) is 4.90 Å². The standard InChI is InChI=1S/C21H22ClNO5/c1-4-27-19-12-14(5-10-18(25)15-6-8-16(24)9-7-15)11-17(22)21(19)28-13-20(26)23(2)3/h5-12,24H,4,13H2,1-3H3. The summed E-state index contributed by atoms with van der Waals surface area (Å²) in [6.07, 6.45) is 3.02. The molecule has 0 heterocycles. The number of hydrogen-bond donors (Lipinski definition) is 1. The third kappa shape index (κ3) is 5.76. The first-order valence-electron chi connectivity index (χ1n) is 8.62. The number of carbonyl (C=O) groups excluding carboxylic acids is 2. The Kier molecular flexibility index (Phi) is 7.46. The molecule has 0 unspecified atom stereocenters. The zero-order valence-corrected chi connectivity index (χ0v) is 16.7. The molecule has 28 heavy (non-hydrogen) atoms. The van der Waals surface area contributed by atoms with Crippen LogP contribution in [-0.4, -0.2) is 49.0 Å². The van der Waals surface area contributed by atoms with Crippen LogP contribution in [0.5, 0.6) is 17.2 Å². The van der Waals surface area contributed by atoms with Crippen LogP contribution in [0.3, 0.4) is 0 Å². The van der Waals surface area contributed by atoms with Crippen molar-refractivity contribution in [1.29, 1.82) is 0 Å². The number of hydrogen-bond acceptors (Lipinski definition) is 5. The lowest BCUT2D eigenvalue weighted by Gasteiger charge is -2.16. The zero-order valence-electron chi connectivity index (χ0n) is 15.9. The highest BCUT2D eigenvalue weighted by Crippen LogP contribution is 2.37. The average molecular weight is 404 g/mol. The summed E-state index contributed by atoms with van der Waals surface area (Å²) in [5.41, 5.74) is 1.10. The van der Waals surface area contributed by atoms with E-state index in [-0.39, 0.29) is 34.8 Å². The van der Waals surface area contributed by atoms with Gasteiger partial charge in [0.1, 0.15) is 5.75 Å². The Morgan fingerprint density at radius 1 is 1.14 bits per heavy atom. The minimum atomic E-state index is -0.217. The normalized spacial score (nSPS) is 10.7. The van der Waals surface area contributed by atoms with Gasteiger partial charge in [-0.05, 0) is 55.0 Å². The van der Waals surface area contributed by atoms with Crippen molar-refractivity contribution in [3.8, 4) is 17.2 Å². The molecule has 0 aromatic heterocycles. The number of amides is 1. The molecule has 0 fully saturated rings. The molecule has 0 radical (unpaired) electrons. The molecule has 2 aromatic rings. The van der Waals surface area contributed by atoms with Gasteiger partial charge < -0.3 is 19.5 Å². The van der Waals surface area contributed by atoms with Crippen molar-refractivity contribution in [2.45, 2.75) is 6.92 Å². The topological polar surface area (TPSA) is 76.1 Å². The van der Waals surface area contributed by atoms with Crippen LogP contribution in [0.25, 0.3) is 6.08 Å². The highest BCUT2D eigenvalue weighted by molar-refractivity contribution is 6.32. The summed E-state index contributed by atoms with van der Waals surface area (Å²) in [6.45, 7) is 2.04. The van der Waals surface area contributed by atoms with Crippen LogP contribution in [0, 0.1) is 0 Å². The van der Waals surface area contributed by atoms with E-state index in [1.54, 1.807) is 44.4 Å². The maximum absolute atomic E-state index is 12.2. The SMILES string of the molecule is CCOc1cc(C=CC(=O)c2ccc(O)cc2)cc(Cl)c1OCC(=O)N(C)C. The van der Waals surface area contributed by atoms with E-state index in [0.717, 1.165) is 0 Å². The fraction of sp³-hybridized carbons (Fsp3) is 0.238. The molecule has 148 valence electrons. The minimum absolute atomic E-state index is 0.0944. The fourth-order valence-electron chi connectivity index (χ4n) is 2.24. The van der Waals surface area contributed by atoms with Crippen molar-refractivity contribution in [2.75, 3.05) is 27.3 Å². The van der Waals surface area contributed by atoms with Crippen LogP contribution in [0.4, 0.5) is 0 Å². The molecule has 7 heteroatoms. The predicted octanol–water partition coefficient (Wildman–Crippen LogP) is 3.81. The number of ketones is 1. The van der Waals surface area contributed by atoms with Gasteiger partial charge in [-0.15, -0.1) is 0 Å². The van der Waals surface area contributed by atoms with Crippen molar-refractivity contribution in [2.24, 2.45) is 0 Å². The molecule has 0 atom stereocenters. The maximum Gasteiger partial charge on any atom is 0.259 e. The second-order valence-electron chi connectivity index (χ2n) is 6.08. The van der Waals surface area contributed by atoms with Crippen LogP contribution in [-0.2, 0) is 4.79 Å². The number of likely N-dealkylation sites (N-methyl/N-ethyl adjacent to an activating group) is 1. The van der Waals surface area contributed by atoms with E-state index in [1.807, 2.05) is 6.92 Å². The first-order valence-corrected chi connectivity index (χ1v) is 9.00. The largest absolute Gasteiger partial charge is 0.508 e. The number of phenols is 1. The highest BCUT2D eigenvalue weighted by Gasteiger charge is 2.14. The van der Waals surface area contributed by atoms with Gasteiger partial charge in [-0.25, -0.2) is 0 Å². The number of nitrogens with zero attached hydrogens (tertiary/aromatic N) is 1. The summed E-state index contributed by atoms with van der Waals surface area (Å²) in [6, 6.07) is 9.29. The van der Waals surface area contributed by atoms with Gasteiger partial charge in [-0.3, -0.25) is 9.59 Å². The van der Waals surface area contributed by atoms with Gasteiger partial charge in [-0.1, -0.05) is 17.7 Å². The van der Waals surface area contributed by atoms with Gasteiger partial charge in [0.25, 0.3) is 5.91 Å². The monoisotopic (exact) mass is 403 g/mol. The van der Waals surface area contributed by atoms with Gasteiger partial charge in [0.2, 0.25) is 0 Å². The van der Waals surface area contributed by atoms with Crippen LogP contribution in [0.1, 0.15) is 22.8 Å². The molecule has 2 aromatic carbocycles. The molecule has 0 spiro atoms. The number of allylic oxidation sites excluding steroid dienone is 1. The Labute approximate surface area is 168 Å². The van der Waals surface area contributed by atoms with Crippen molar-refractivity contribution in [3.05, 3.63) is 58.6 Å². The summed E-state index contributed by atoms with van der Waals surface area (Å²) < 4.78 is 11.1. The van der Waals surface area contributed by atoms with Crippen molar-refractivity contribution in [3.63, 3.8) is 0 Å². The zero-order chi connectivity index (χ0) is 20.7. The van der Waals surface area contributed by atoms with E-state index >= 15 is 0 Å². The van der Waals surface area contributed by atoms with E-state index in [9.17, 15) is 14.7 Å². The predicted molar refractivity (Wildman–Crippen MR) is 108 cm³/mol. The van der Waals surface area contributed by atoms with Crippen LogP contribution in [0.2, 0.25) is 5.02 Å². The Balaban J connectivity index is 2.22. The molecule has 0 aliphatic heterocycles. The van der Waals surface area contributed by atoms with Crippen LogP contribution < -0.4 is 9.47 Å². The molecule has 0 bridgehead atoms. The maximum atomic E-state index is 12.2. The minimum Gasteiger partial charge on any atom is -0.508 e. The number of benzene rings is 2. The molecule has 0 saturated heterocycles. The second kappa shape index (κ2) is 9.80. The molecule has 0 aliphatic rings. The molecule has 1 N–H and O–H groups in total. The quantitative estimate of drug-likeness (QED) is 0.535. The molecule has 0 saturated carbocycles. The highest BCUT2D eigenvalue weighted by atomic mass is 35.5. The lowest BCUT2D eigenvalue weighted by molar-refractivity contribution is -0.130. The summed E-state index contributed by atoms with van der Waals surface area (Å²) in [5.74, 6) is 0.337. The van der Waals surface area contributed by atoms with Gasteiger partial charge >= 0.3 is 0 Å². The van der Waals surface area contributed by atoms with Gasteiger partial charge in [0.05, 0.1) is 11.6 Å². The molecule has 0 aliphatic carbocycles. The Morgan fingerprint density at radius 2 is 1.82 bits per heavy atom. The fourth-order valence-corrected chi connectivity index (χ4v) is 2.52. The van der Waals surface area contributed by atoms with Crippen molar-refractivity contribution < 1.29 is 24.2 Å². The number of phenolic OH excluding ortho intramolecular Hbond substituents is 1. The first kappa shape index (κ1) is 21.3. The van der Waals surface area contributed by atoms with Gasteiger partial charge in [0, 0.05) is 19.7 Å². The van der Waals surface area contributed by atoms with Crippen molar-refractivity contribution >= 4 is 29.4 Å². The van der Waals surface area contributed by atoms with E-state index in [2.05, 4.69) is 0 Å². The smallest absolute Gasteiger partial charge is 0.259 e. The average Bonchev–Trinajstić information content (AvgIpc) is 2.66. The summed E-state index contributed by atoms with van der Waals surface area (Å²) in [5, 5.41) is 9.57. The number of carbonyl (C=O) groups is 2. The number of halogens is 1. The van der Waals surface area contributed by atoms with E-state index in [1.165, 1.54) is 23.1 Å². The number of rotatable bonds is 8. The summed E-state index contributed by atoms with van der Waals surface area (Å²) in [4.78, 5) is 25.4. The van der Waals surface area contributed by atoms with E-state index < -0.39 is 0 Å². The Morgan fingerprint density at radius 3 is 2.43 bits per heavy atom. The molecular weight excluding hydrogens is 382 g/mol. The summed E-state index contributed by atoms with van der Waals surface area (Å²) in [7, 11) is 3.27. The Bertz CT molecular complexity index is 875. The number of ether oxygens (including phenoxy) is 2. The van der Waals surface area contributed by atoms with Crippen LogP contribution >= 0.6 is 11.6 Å². The molecule has 6 nitrogen and oxygen atoms in total. The lowest BCUT2D eigenvalue weighted by atomic mass is 10.1. The second-order valence-corrected chi connectivity index (χ2v) is 6.49. The van der Waals surface area contributed by atoms with Gasteiger partial charge in [-0.2, -0.15) is 0 Å². The number of aromatic hydroxyl groups is 1. The van der Waals surface area contributed by atoms with Crippen LogP contribution in [0.15, 0.2) is 42.5 Å². The Hall–Kier alpha value is -2.99.